The Morgan fingerprint density at radius 3 is 2.55 bits per heavy atom. The number of ether oxygens (including phenoxy) is 1. The third-order valence-corrected chi connectivity index (χ3v) is 3.15. The molecule has 1 aromatic heterocycles. The van der Waals surface area contributed by atoms with Crippen LogP contribution in [0.1, 0.15) is 30.5 Å². The van der Waals surface area contributed by atoms with E-state index in [-0.39, 0.29) is 5.56 Å². The smallest absolute Gasteiger partial charge is 0.363 e. The van der Waals surface area contributed by atoms with Gasteiger partial charge in [0.05, 0.1) is 0 Å². The van der Waals surface area contributed by atoms with Crippen molar-refractivity contribution in [2.45, 2.75) is 26.2 Å². The topological polar surface area (TPSA) is 81.2 Å². The Balaban J connectivity index is 2.18. The molecule has 0 aliphatic rings. The molecule has 1 aromatic carbocycles. The third-order valence-electron chi connectivity index (χ3n) is 3.15. The number of halogens is 1. The highest BCUT2D eigenvalue weighted by molar-refractivity contribution is 5.72. The molecule has 6 nitrogen and oxygen atoms in total. The maximum atomic E-state index is 14.1. The Kier molecular flexibility index (Phi) is 4.55. The molecule has 0 aliphatic carbocycles. The molecular weight excluding hydrogens is 291 g/mol. The molecule has 1 N–H and O–H groups in total. The van der Waals surface area contributed by atoms with E-state index in [2.05, 4.69) is 0 Å². The van der Waals surface area contributed by atoms with E-state index in [1.807, 2.05) is 4.98 Å². The normalized spacial score (nSPS) is 13.4. The van der Waals surface area contributed by atoms with E-state index in [0.29, 0.717) is 10.1 Å². The summed E-state index contributed by atoms with van der Waals surface area (Å²) in [6, 6.07) is 8.81. The number of nitrogens with one attached hydrogen (secondary N) is 1. The standard InChI is InChI=1S/C15H15FN2O4/c1-9-8-18(15(21)17-13(9)19)12(16)14(20)22-10(2)11-6-4-3-5-7-11/h3-8,10,12H,1-2H3,(H,17,19,21)/t10?,12-/m1/s1. The molecule has 0 bridgehead atoms. The van der Waals surface area contributed by atoms with Crippen LogP contribution in [0.2, 0.25) is 0 Å². The summed E-state index contributed by atoms with van der Waals surface area (Å²) in [4.78, 5) is 36.6. The van der Waals surface area contributed by atoms with Crippen molar-refractivity contribution in [1.29, 1.82) is 0 Å². The Hall–Kier alpha value is -2.70. The molecule has 7 heteroatoms. The van der Waals surface area contributed by atoms with Crippen molar-refractivity contribution in [3.63, 3.8) is 0 Å². The molecule has 2 atom stereocenters. The number of carbonyl (C=O) groups is 1. The van der Waals surface area contributed by atoms with E-state index in [0.717, 1.165) is 6.20 Å². The molecule has 0 aliphatic heterocycles. The number of aromatic amines is 1. The highest BCUT2D eigenvalue weighted by Gasteiger charge is 2.25. The zero-order chi connectivity index (χ0) is 16.3. The molecule has 0 amide bonds. The van der Waals surface area contributed by atoms with E-state index >= 15 is 0 Å². The number of nitrogens with zero attached hydrogens (tertiary/aromatic N) is 1. The van der Waals surface area contributed by atoms with Gasteiger partial charge in [-0.3, -0.25) is 14.3 Å². The minimum atomic E-state index is -2.32. The Labute approximate surface area is 125 Å². The number of carbonyl (C=O) groups excluding carboxylic acids is 1. The number of benzene rings is 1. The first-order valence-corrected chi connectivity index (χ1v) is 6.61. The average molecular weight is 306 g/mol. The fraction of sp³-hybridized carbons (Fsp3) is 0.267. The van der Waals surface area contributed by atoms with E-state index in [1.54, 1.807) is 37.3 Å². The zero-order valence-electron chi connectivity index (χ0n) is 12.1. The molecule has 2 rings (SSSR count). The largest absolute Gasteiger partial charge is 0.454 e. The summed E-state index contributed by atoms with van der Waals surface area (Å²) in [5, 5.41) is 0. The Morgan fingerprint density at radius 1 is 1.27 bits per heavy atom. The first-order chi connectivity index (χ1) is 10.4. The number of aryl methyl sites for hydroxylation is 1. The lowest BCUT2D eigenvalue weighted by molar-refractivity contribution is -0.158. The van der Waals surface area contributed by atoms with Crippen LogP contribution in [-0.4, -0.2) is 15.5 Å². The number of rotatable bonds is 4. The van der Waals surface area contributed by atoms with E-state index in [4.69, 9.17) is 4.74 Å². The van der Waals surface area contributed by atoms with Crippen LogP contribution in [0.15, 0.2) is 46.1 Å². The third kappa shape index (κ3) is 3.30. The molecule has 0 saturated heterocycles. The summed E-state index contributed by atoms with van der Waals surface area (Å²) >= 11 is 0. The van der Waals surface area contributed by atoms with Crippen LogP contribution >= 0.6 is 0 Å². The van der Waals surface area contributed by atoms with Crippen molar-refractivity contribution in [3.8, 4) is 0 Å². The molecule has 1 unspecified atom stereocenters. The van der Waals surface area contributed by atoms with Crippen LogP contribution in [0.25, 0.3) is 0 Å². The average Bonchev–Trinajstić information content (AvgIpc) is 2.51. The van der Waals surface area contributed by atoms with Crippen LogP contribution < -0.4 is 11.2 Å². The molecule has 0 saturated carbocycles. The van der Waals surface area contributed by atoms with Gasteiger partial charge in [-0.1, -0.05) is 30.3 Å². The number of H-pyrrole nitrogens is 1. The van der Waals surface area contributed by atoms with Gasteiger partial charge in [0.25, 0.3) is 11.9 Å². The highest BCUT2D eigenvalue weighted by Crippen LogP contribution is 2.19. The minimum Gasteiger partial charge on any atom is -0.454 e. The fourth-order valence-electron chi connectivity index (χ4n) is 1.89. The first-order valence-electron chi connectivity index (χ1n) is 6.61. The predicted octanol–water partition coefficient (Wildman–Crippen LogP) is 1.62. The number of esters is 1. The van der Waals surface area contributed by atoms with Gasteiger partial charge in [-0.25, -0.2) is 14.0 Å². The Bertz CT molecular complexity index is 782. The molecule has 1 heterocycles. The molecule has 0 spiro atoms. The number of aromatic nitrogens is 2. The van der Waals surface area contributed by atoms with Crippen molar-refractivity contribution in [1.82, 2.24) is 9.55 Å². The second-order valence-corrected chi connectivity index (χ2v) is 4.80. The van der Waals surface area contributed by atoms with Gasteiger partial charge in [0.1, 0.15) is 6.10 Å². The van der Waals surface area contributed by atoms with Gasteiger partial charge in [-0.05, 0) is 19.4 Å². The van der Waals surface area contributed by atoms with Crippen molar-refractivity contribution in [2.75, 3.05) is 0 Å². The SMILES string of the molecule is Cc1cn([C@@H](F)C(=O)OC(C)c2ccccc2)c(=O)[nH]c1=O. The van der Waals surface area contributed by atoms with Gasteiger partial charge in [-0.2, -0.15) is 0 Å². The minimum absolute atomic E-state index is 0.117. The quantitative estimate of drug-likeness (QED) is 0.870. The molecular formula is C15H15FN2O4. The zero-order valence-corrected chi connectivity index (χ0v) is 12.1. The second kappa shape index (κ2) is 6.38. The van der Waals surface area contributed by atoms with Gasteiger partial charge in [0, 0.05) is 11.8 Å². The molecule has 0 fully saturated rings. The van der Waals surface area contributed by atoms with Gasteiger partial charge in [0.15, 0.2) is 0 Å². The van der Waals surface area contributed by atoms with Crippen molar-refractivity contribution < 1.29 is 13.9 Å². The number of hydrogen-bond acceptors (Lipinski definition) is 4. The van der Waals surface area contributed by atoms with Gasteiger partial charge >= 0.3 is 11.7 Å². The van der Waals surface area contributed by atoms with Crippen LogP contribution in [0.5, 0.6) is 0 Å². The molecule has 0 radical (unpaired) electrons. The molecule has 2 aromatic rings. The summed E-state index contributed by atoms with van der Waals surface area (Å²) in [5.41, 5.74) is -0.814. The van der Waals surface area contributed by atoms with E-state index < -0.39 is 29.6 Å². The fourth-order valence-corrected chi connectivity index (χ4v) is 1.89. The summed E-state index contributed by atoms with van der Waals surface area (Å²) < 4.78 is 19.7. The van der Waals surface area contributed by atoms with Gasteiger partial charge in [0.2, 0.25) is 0 Å². The highest BCUT2D eigenvalue weighted by atomic mass is 19.1. The lowest BCUT2D eigenvalue weighted by Crippen LogP contribution is -2.35. The number of hydrogen-bond donors (Lipinski definition) is 1. The maximum absolute atomic E-state index is 14.1. The van der Waals surface area contributed by atoms with Crippen molar-refractivity contribution in [2.24, 2.45) is 0 Å². The first kappa shape index (κ1) is 15.7. The Morgan fingerprint density at radius 2 is 1.91 bits per heavy atom. The lowest BCUT2D eigenvalue weighted by Gasteiger charge is -2.16. The second-order valence-electron chi connectivity index (χ2n) is 4.80. The summed E-state index contributed by atoms with van der Waals surface area (Å²) in [6.45, 7) is 3.00. The summed E-state index contributed by atoms with van der Waals surface area (Å²) in [6.07, 6.45) is -2.00. The van der Waals surface area contributed by atoms with Crippen LogP contribution in [-0.2, 0) is 9.53 Å². The van der Waals surface area contributed by atoms with Crippen molar-refractivity contribution in [3.05, 3.63) is 68.5 Å². The summed E-state index contributed by atoms with van der Waals surface area (Å²) in [7, 11) is 0. The predicted molar refractivity (Wildman–Crippen MR) is 77.2 cm³/mol. The summed E-state index contributed by atoms with van der Waals surface area (Å²) in [5.74, 6) is -1.20. The monoisotopic (exact) mass is 306 g/mol. The van der Waals surface area contributed by atoms with E-state index in [9.17, 15) is 18.8 Å². The van der Waals surface area contributed by atoms with E-state index in [1.165, 1.54) is 6.92 Å². The van der Waals surface area contributed by atoms with Gasteiger partial charge in [-0.15, -0.1) is 0 Å². The van der Waals surface area contributed by atoms with Crippen LogP contribution in [0, 0.1) is 6.92 Å². The lowest BCUT2D eigenvalue weighted by atomic mass is 10.1. The van der Waals surface area contributed by atoms with Gasteiger partial charge < -0.3 is 4.74 Å². The van der Waals surface area contributed by atoms with Crippen molar-refractivity contribution >= 4 is 5.97 Å². The maximum Gasteiger partial charge on any atom is 0.363 e. The van der Waals surface area contributed by atoms with Crippen LogP contribution in [0.4, 0.5) is 4.39 Å². The molecule has 116 valence electrons. The molecule has 22 heavy (non-hydrogen) atoms. The number of alkyl halides is 1. The van der Waals surface area contributed by atoms with Crippen LogP contribution in [0.3, 0.4) is 0 Å².